The maximum Gasteiger partial charge on any atom is 0.433 e. The lowest BCUT2D eigenvalue weighted by molar-refractivity contribution is -0.141. The molecule has 1 aromatic carbocycles. The molecule has 0 spiro atoms. The number of rotatable bonds is 5. The lowest BCUT2D eigenvalue weighted by Crippen LogP contribution is -2.09. The number of thiazole rings is 1. The van der Waals surface area contributed by atoms with Crippen LogP contribution in [0.4, 0.5) is 18.3 Å². The first kappa shape index (κ1) is 17.8. The van der Waals surface area contributed by atoms with Crippen molar-refractivity contribution in [1.82, 2.24) is 15.0 Å². The van der Waals surface area contributed by atoms with Gasteiger partial charge in [0, 0.05) is 17.1 Å². The van der Waals surface area contributed by atoms with E-state index in [0.29, 0.717) is 10.7 Å². The van der Waals surface area contributed by atoms with E-state index in [1.54, 1.807) is 24.3 Å². The van der Waals surface area contributed by atoms with Crippen LogP contribution >= 0.6 is 11.3 Å². The van der Waals surface area contributed by atoms with Crippen molar-refractivity contribution in [2.75, 3.05) is 5.43 Å². The van der Waals surface area contributed by atoms with Gasteiger partial charge in [-0.3, -0.25) is 5.43 Å². The van der Waals surface area contributed by atoms with Gasteiger partial charge in [-0.25, -0.2) is 9.97 Å². The van der Waals surface area contributed by atoms with Crippen molar-refractivity contribution in [2.24, 2.45) is 5.10 Å². The highest BCUT2D eigenvalue weighted by atomic mass is 32.1. The molecule has 10 heteroatoms. The molecule has 134 valence electrons. The maximum atomic E-state index is 12.7. The molecule has 0 fully saturated rings. The molecule has 26 heavy (non-hydrogen) atoms. The summed E-state index contributed by atoms with van der Waals surface area (Å²) < 4.78 is 43.6. The monoisotopic (exact) mass is 379 g/mol. The summed E-state index contributed by atoms with van der Waals surface area (Å²) in [6.07, 6.45) is -2.11. The van der Waals surface area contributed by atoms with Crippen LogP contribution in [0.5, 0.6) is 11.8 Å². The molecule has 2 aromatic heterocycles. The van der Waals surface area contributed by atoms with Crippen molar-refractivity contribution >= 4 is 22.7 Å². The highest BCUT2D eigenvalue weighted by Gasteiger charge is 2.33. The van der Waals surface area contributed by atoms with Crippen molar-refractivity contribution in [3.8, 4) is 11.8 Å². The van der Waals surface area contributed by atoms with Gasteiger partial charge in [0.1, 0.15) is 5.75 Å². The smallest absolute Gasteiger partial charge is 0.424 e. The summed E-state index contributed by atoms with van der Waals surface area (Å²) in [6, 6.07) is 7.08. The van der Waals surface area contributed by atoms with Crippen LogP contribution in [0.15, 0.2) is 47.0 Å². The van der Waals surface area contributed by atoms with Gasteiger partial charge in [0.15, 0.2) is 5.69 Å². The molecule has 3 rings (SSSR count). The van der Waals surface area contributed by atoms with Crippen molar-refractivity contribution in [3.63, 3.8) is 0 Å². The van der Waals surface area contributed by atoms with Gasteiger partial charge >= 0.3 is 12.2 Å². The minimum absolute atomic E-state index is 0.271. The normalized spacial score (nSPS) is 11.7. The van der Waals surface area contributed by atoms with E-state index in [4.69, 9.17) is 4.74 Å². The maximum absolute atomic E-state index is 12.7. The molecule has 0 aliphatic carbocycles. The molecule has 0 saturated heterocycles. The summed E-state index contributed by atoms with van der Waals surface area (Å²) in [6.45, 7) is 1.86. The Kier molecular flexibility index (Phi) is 5.12. The largest absolute Gasteiger partial charge is 0.433 e. The predicted octanol–water partition coefficient (Wildman–Crippen LogP) is 4.50. The Labute approximate surface area is 150 Å². The standard InChI is InChI=1S/C16H12F3N5OS/c1-10-9-26-15(22-10)24-21-8-11-4-2-3-5-12(11)25-14-20-7-6-13(23-14)16(17,18)19/h2-9H,1H3,(H,22,24). The second kappa shape index (κ2) is 7.48. The van der Waals surface area contributed by atoms with Crippen LogP contribution in [-0.4, -0.2) is 21.2 Å². The van der Waals surface area contributed by atoms with E-state index in [0.717, 1.165) is 18.0 Å². The lowest BCUT2D eigenvalue weighted by Gasteiger charge is -2.09. The van der Waals surface area contributed by atoms with E-state index in [2.05, 4.69) is 25.5 Å². The number of aromatic nitrogens is 3. The number of ether oxygens (including phenoxy) is 1. The van der Waals surface area contributed by atoms with Crippen LogP contribution in [0.1, 0.15) is 17.0 Å². The average molecular weight is 379 g/mol. The molecule has 0 saturated carbocycles. The van der Waals surface area contributed by atoms with Crippen LogP contribution in [0.2, 0.25) is 0 Å². The fourth-order valence-corrected chi connectivity index (χ4v) is 2.53. The molecule has 0 aliphatic heterocycles. The molecular weight excluding hydrogens is 367 g/mol. The Morgan fingerprint density at radius 2 is 2.00 bits per heavy atom. The molecule has 3 aromatic rings. The molecule has 0 amide bonds. The summed E-state index contributed by atoms with van der Waals surface area (Å²) in [4.78, 5) is 11.3. The third-order valence-corrected chi connectivity index (χ3v) is 3.89. The van der Waals surface area contributed by atoms with E-state index in [9.17, 15) is 13.2 Å². The van der Waals surface area contributed by atoms with Crippen LogP contribution < -0.4 is 10.2 Å². The number of para-hydroxylation sites is 1. The number of nitrogens with one attached hydrogen (secondary N) is 1. The number of aryl methyl sites for hydroxylation is 1. The zero-order valence-corrected chi connectivity index (χ0v) is 14.2. The molecule has 0 radical (unpaired) electrons. The molecule has 2 heterocycles. The third kappa shape index (κ3) is 4.54. The second-order valence-electron chi connectivity index (χ2n) is 5.03. The van der Waals surface area contributed by atoms with Crippen LogP contribution in [0.3, 0.4) is 0 Å². The van der Waals surface area contributed by atoms with Crippen molar-refractivity contribution in [1.29, 1.82) is 0 Å². The van der Waals surface area contributed by atoms with Gasteiger partial charge in [0.2, 0.25) is 5.13 Å². The molecule has 1 N–H and O–H groups in total. The molecular formula is C16H12F3N5OS. The van der Waals surface area contributed by atoms with Gasteiger partial charge in [-0.2, -0.15) is 23.3 Å². The van der Waals surface area contributed by atoms with E-state index in [1.165, 1.54) is 17.6 Å². The SMILES string of the molecule is Cc1csc(NN=Cc2ccccc2Oc2nccc(C(F)(F)F)n2)n1. The highest BCUT2D eigenvalue weighted by Crippen LogP contribution is 2.29. The van der Waals surface area contributed by atoms with Crippen molar-refractivity contribution in [3.05, 3.63) is 58.9 Å². The number of hydrazone groups is 1. The molecule has 0 bridgehead atoms. The first-order valence-corrected chi connectivity index (χ1v) is 8.18. The quantitative estimate of drug-likeness (QED) is 0.522. The highest BCUT2D eigenvalue weighted by molar-refractivity contribution is 7.13. The zero-order chi connectivity index (χ0) is 18.6. The third-order valence-electron chi connectivity index (χ3n) is 3.03. The number of hydrogen-bond donors (Lipinski definition) is 1. The van der Waals surface area contributed by atoms with Crippen LogP contribution in [-0.2, 0) is 6.18 Å². The molecule has 6 nitrogen and oxygen atoms in total. The van der Waals surface area contributed by atoms with Gasteiger partial charge in [0.25, 0.3) is 0 Å². The van der Waals surface area contributed by atoms with Gasteiger partial charge in [0.05, 0.1) is 11.9 Å². The van der Waals surface area contributed by atoms with E-state index >= 15 is 0 Å². The average Bonchev–Trinajstić information content (AvgIpc) is 3.01. The van der Waals surface area contributed by atoms with Crippen molar-refractivity contribution in [2.45, 2.75) is 13.1 Å². The zero-order valence-electron chi connectivity index (χ0n) is 13.4. The molecule has 0 unspecified atom stereocenters. The summed E-state index contributed by atoms with van der Waals surface area (Å²) in [5.74, 6) is 0.271. The van der Waals surface area contributed by atoms with Crippen LogP contribution in [0.25, 0.3) is 0 Å². The van der Waals surface area contributed by atoms with Crippen molar-refractivity contribution < 1.29 is 17.9 Å². The van der Waals surface area contributed by atoms with Crippen LogP contribution in [0, 0.1) is 6.92 Å². The van der Waals surface area contributed by atoms with E-state index < -0.39 is 17.9 Å². The summed E-state index contributed by atoms with van der Waals surface area (Å²) in [5.41, 5.74) is 3.11. The van der Waals surface area contributed by atoms with E-state index in [-0.39, 0.29) is 5.75 Å². The number of anilines is 1. The first-order valence-electron chi connectivity index (χ1n) is 7.30. The Morgan fingerprint density at radius 3 is 2.73 bits per heavy atom. The number of nitrogens with zero attached hydrogens (tertiary/aromatic N) is 4. The van der Waals surface area contributed by atoms with Gasteiger partial charge in [-0.15, -0.1) is 11.3 Å². The number of hydrogen-bond acceptors (Lipinski definition) is 7. The van der Waals surface area contributed by atoms with E-state index in [1.807, 2.05) is 12.3 Å². The minimum Gasteiger partial charge on any atom is -0.424 e. The Morgan fingerprint density at radius 1 is 1.19 bits per heavy atom. The predicted molar refractivity (Wildman–Crippen MR) is 91.6 cm³/mol. The second-order valence-corrected chi connectivity index (χ2v) is 5.88. The number of halogens is 3. The van der Waals surface area contributed by atoms with Gasteiger partial charge in [-0.1, -0.05) is 12.1 Å². The fraction of sp³-hybridized carbons (Fsp3) is 0.125. The number of alkyl halides is 3. The summed E-state index contributed by atoms with van der Waals surface area (Å²) in [7, 11) is 0. The summed E-state index contributed by atoms with van der Waals surface area (Å²) >= 11 is 1.40. The van der Waals surface area contributed by atoms with Gasteiger partial charge < -0.3 is 4.74 Å². The van der Waals surface area contributed by atoms with Gasteiger partial charge in [-0.05, 0) is 25.1 Å². The number of benzene rings is 1. The first-order chi connectivity index (χ1) is 12.4. The minimum atomic E-state index is -4.57. The molecule has 0 aliphatic rings. The summed E-state index contributed by atoms with van der Waals surface area (Å²) in [5, 5.41) is 6.55. The topological polar surface area (TPSA) is 72.3 Å². The fourth-order valence-electron chi connectivity index (χ4n) is 1.89. The Hall–Kier alpha value is -3.01. The Balaban J connectivity index is 1.77. The molecule has 0 atom stereocenters. The lowest BCUT2D eigenvalue weighted by atomic mass is 10.2. The Bertz CT molecular complexity index is 926.